The lowest BCUT2D eigenvalue weighted by atomic mass is 10.2. The van der Waals surface area contributed by atoms with Crippen molar-refractivity contribution >= 4 is 27.6 Å². The Morgan fingerprint density at radius 1 is 1.05 bits per heavy atom. The van der Waals surface area contributed by atoms with Crippen molar-refractivity contribution in [3.63, 3.8) is 0 Å². The largest absolute Gasteiger partial charge is 0.281 e. The molecule has 0 fully saturated rings. The Morgan fingerprint density at radius 3 is 2.79 bits per heavy atom. The molecule has 0 spiro atoms. The number of rotatable bonds is 2. The summed E-state index contributed by atoms with van der Waals surface area (Å²) in [6.45, 7) is 0. The van der Waals surface area contributed by atoms with Crippen LogP contribution < -0.4 is 0 Å². The summed E-state index contributed by atoms with van der Waals surface area (Å²) in [5.74, 6) is 0. The zero-order valence-corrected chi connectivity index (χ0v) is 10.7. The maximum Gasteiger partial charge on any atom is 0.227 e. The molecule has 0 saturated heterocycles. The van der Waals surface area contributed by atoms with E-state index in [0.29, 0.717) is 10.6 Å². The van der Waals surface area contributed by atoms with Gasteiger partial charge in [-0.25, -0.2) is 0 Å². The molecule has 2 heterocycles. The Hall–Kier alpha value is -2.27. The van der Waals surface area contributed by atoms with E-state index in [-0.39, 0.29) is 5.12 Å². The number of fused-ring (bicyclic) bond motifs is 1. The number of thioether (sulfide) groups is 1. The SMILES string of the molecule is O=C(Sc1nncc2ccccc12)c1cccnc1. The summed E-state index contributed by atoms with van der Waals surface area (Å²) >= 11 is 1.07. The standard InChI is InChI=1S/C14H9N3OS/c18-14(11-5-3-7-15-8-11)19-13-12-6-2-1-4-10(12)9-16-17-13/h1-9H. The first-order chi connectivity index (χ1) is 9.34. The van der Waals surface area contributed by atoms with Gasteiger partial charge in [0, 0.05) is 28.7 Å². The first kappa shape index (κ1) is 11.8. The molecular formula is C14H9N3OS. The van der Waals surface area contributed by atoms with Crippen molar-refractivity contribution in [1.29, 1.82) is 0 Å². The van der Waals surface area contributed by atoms with Gasteiger partial charge in [-0.1, -0.05) is 24.3 Å². The average Bonchev–Trinajstić information content (AvgIpc) is 2.48. The number of hydrogen-bond donors (Lipinski definition) is 0. The van der Waals surface area contributed by atoms with Crippen molar-refractivity contribution in [2.75, 3.05) is 0 Å². The van der Waals surface area contributed by atoms with Gasteiger partial charge < -0.3 is 0 Å². The molecule has 0 amide bonds. The summed E-state index contributed by atoms with van der Waals surface area (Å²) in [5.41, 5.74) is 0.558. The quantitative estimate of drug-likeness (QED) is 0.668. The number of benzene rings is 1. The maximum atomic E-state index is 12.1. The molecule has 0 saturated carbocycles. The highest BCUT2D eigenvalue weighted by molar-refractivity contribution is 8.14. The van der Waals surface area contributed by atoms with Gasteiger partial charge in [0.1, 0.15) is 5.03 Å². The molecule has 5 heteroatoms. The van der Waals surface area contributed by atoms with Crippen LogP contribution in [0.5, 0.6) is 0 Å². The average molecular weight is 267 g/mol. The van der Waals surface area contributed by atoms with Crippen molar-refractivity contribution in [3.8, 4) is 0 Å². The van der Waals surface area contributed by atoms with Gasteiger partial charge in [0.2, 0.25) is 5.12 Å². The van der Waals surface area contributed by atoms with E-state index in [1.165, 1.54) is 0 Å². The fraction of sp³-hybridized carbons (Fsp3) is 0. The van der Waals surface area contributed by atoms with Gasteiger partial charge in [-0.2, -0.15) is 5.10 Å². The fourth-order valence-electron chi connectivity index (χ4n) is 1.71. The Labute approximate surface area is 113 Å². The topological polar surface area (TPSA) is 55.7 Å². The van der Waals surface area contributed by atoms with Crippen molar-refractivity contribution in [3.05, 3.63) is 60.6 Å². The van der Waals surface area contributed by atoms with Crippen molar-refractivity contribution in [2.45, 2.75) is 5.03 Å². The van der Waals surface area contributed by atoms with Gasteiger partial charge in [0.15, 0.2) is 0 Å². The molecule has 19 heavy (non-hydrogen) atoms. The van der Waals surface area contributed by atoms with Crippen LogP contribution in [0.15, 0.2) is 60.0 Å². The highest BCUT2D eigenvalue weighted by Crippen LogP contribution is 2.27. The highest BCUT2D eigenvalue weighted by atomic mass is 32.2. The molecule has 3 aromatic rings. The molecular weight excluding hydrogens is 258 g/mol. The van der Waals surface area contributed by atoms with E-state index in [2.05, 4.69) is 15.2 Å². The van der Waals surface area contributed by atoms with Crippen molar-refractivity contribution in [2.24, 2.45) is 0 Å². The second kappa shape index (κ2) is 5.16. The molecule has 0 aliphatic heterocycles. The summed E-state index contributed by atoms with van der Waals surface area (Å²) in [6, 6.07) is 11.2. The number of hydrogen-bond acceptors (Lipinski definition) is 5. The third-order valence-corrected chi connectivity index (χ3v) is 3.54. The van der Waals surface area contributed by atoms with Crippen LogP contribution in [0.25, 0.3) is 10.8 Å². The monoisotopic (exact) mass is 267 g/mol. The molecule has 0 aliphatic carbocycles. The van der Waals surface area contributed by atoms with E-state index >= 15 is 0 Å². The van der Waals surface area contributed by atoms with E-state index < -0.39 is 0 Å². The number of carbonyl (C=O) groups is 1. The molecule has 0 unspecified atom stereocenters. The Bertz CT molecular complexity index is 726. The van der Waals surface area contributed by atoms with Gasteiger partial charge in [0.25, 0.3) is 0 Å². The van der Waals surface area contributed by atoms with Crippen LogP contribution in [0.4, 0.5) is 0 Å². The number of pyridine rings is 1. The molecule has 1 aromatic carbocycles. The third-order valence-electron chi connectivity index (χ3n) is 2.62. The van der Waals surface area contributed by atoms with E-state index in [4.69, 9.17) is 0 Å². The smallest absolute Gasteiger partial charge is 0.227 e. The molecule has 0 bridgehead atoms. The minimum absolute atomic E-state index is 0.0845. The molecule has 3 rings (SSSR count). The van der Waals surface area contributed by atoms with Crippen LogP contribution in [0.3, 0.4) is 0 Å². The molecule has 0 aliphatic rings. The zero-order valence-electron chi connectivity index (χ0n) is 9.85. The minimum atomic E-state index is -0.0845. The summed E-state index contributed by atoms with van der Waals surface area (Å²) in [7, 11) is 0. The first-order valence-electron chi connectivity index (χ1n) is 5.67. The summed E-state index contributed by atoms with van der Waals surface area (Å²) in [4.78, 5) is 16.1. The Morgan fingerprint density at radius 2 is 1.95 bits per heavy atom. The van der Waals surface area contributed by atoms with E-state index in [9.17, 15) is 4.79 Å². The lowest BCUT2D eigenvalue weighted by molar-refractivity contribution is 0.108. The summed E-state index contributed by atoms with van der Waals surface area (Å²) in [5, 5.41) is 10.4. The number of aromatic nitrogens is 3. The fourth-order valence-corrected chi connectivity index (χ4v) is 2.51. The van der Waals surface area contributed by atoms with Crippen LogP contribution in [0.2, 0.25) is 0 Å². The van der Waals surface area contributed by atoms with E-state index in [1.807, 2.05) is 24.3 Å². The van der Waals surface area contributed by atoms with Crippen molar-refractivity contribution < 1.29 is 4.79 Å². The van der Waals surface area contributed by atoms with Crippen molar-refractivity contribution in [1.82, 2.24) is 15.2 Å². The van der Waals surface area contributed by atoms with E-state index in [0.717, 1.165) is 22.5 Å². The van der Waals surface area contributed by atoms with E-state index in [1.54, 1.807) is 30.7 Å². The summed E-state index contributed by atoms with van der Waals surface area (Å²) in [6.07, 6.45) is 4.88. The van der Waals surface area contributed by atoms with Crippen LogP contribution in [0, 0.1) is 0 Å². The van der Waals surface area contributed by atoms with Crippen LogP contribution in [-0.4, -0.2) is 20.3 Å². The predicted molar refractivity (Wildman–Crippen MR) is 74.0 cm³/mol. The number of nitrogens with zero attached hydrogens (tertiary/aromatic N) is 3. The lowest BCUT2D eigenvalue weighted by Gasteiger charge is -2.03. The first-order valence-corrected chi connectivity index (χ1v) is 6.49. The second-order valence-electron chi connectivity index (χ2n) is 3.87. The van der Waals surface area contributed by atoms with Crippen LogP contribution in [0.1, 0.15) is 10.4 Å². The Balaban J connectivity index is 1.96. The predicted octanol–water partition coefficient (Wildman–Crippen LogP) is 2.96. The molecule has 92 valence electrons. The third kappa shape index (κ3) is 2.46. The molecule has 0 atom stereocenters. The molecule has 0 radical (unpaired) electrons. The van der Waals surface area contributed by atoms with Crippen LogP contribution in [-0.2, 0) is 0 Å². The maximum absolute atomic E-state index is 12.1. The molecule has 2 aromatic heterocycles. The van der Waals surface area contributed by atoms with Crippen LogP contribution >= 0.6 is 11.8 Å². The van der Waals surface area contributed by atoms with Gasteiger partial charge >= 0.3 is 0 Å². The van der Waals surface area contributed by atoms with Gasteiger partial charge in [0.05, 0.1) is 6.20 Å². The second-order valence-corrected chi connectivity index (χ2v) is 4.83. The zero-order chi connectivity index (χ0) is 13.1. The Kier molecular flexibility index (Phi) is 3.20. The summed E-state index contributed by atoms with van der Waals surface area (Å²) < 4.78 is 0. The molecule has 0 N–H and O–H groups in total. The normalized spacial score (nSPS) is 10.5. The minimum Gasteiger partial charge on any atom is -0.281 e. The molecule has 4 nitrogen and oxygen atoms in total. The van der Waals surface area contributed by atoms with Gasteiger partial charge in [-0.05, 0) is 23.9 Å². The van der Waals surface area contributed by atoms with Gasteiger partial charge in [-0.3, -0.25) is 9.78 Å². The highest BCUT2D eigenvalue weighted by Gasteiger charge is 2.12. The lowest BCUT2D eigenvalue weighted by Crippen LogP contribution is -1.96. The van der Waals surface area contributed by atoms with Gasteiger partial charge in [-0.15, -0.1) is 5.10 Å². The number of carbonyl (C=O) groups excluding carboxylic acids is 1.